The number of rotatable bonds is 3. The normalized spacial score (nSPS) is 22.6. The minimum atomic E-state index is -3.89. The Bertz CT molecular complexity index is 716. The maximum Gasteiger partial charge on any atom is 0.242 e. The van der Waals surface area contributed by atoms with E-state index >= 15 is 0 Å². The molecule has 3 N–H and O–H groups in total. The average molecular weight is 339 g/mol. The zero-order valence-corrected chi connectivity index (χ0v) is 12.9. The molecule has 1 atom stereocenters. The molecule has 1 saturated heterocycles. The molecule has 0 spiro atoms. The van der Waals surface area contributed by atoms with Crippen LogP contribution in [0.3, 0.4) is 0 Å². The van der Waals surface area contributed by atoms with Crippen molar-refractivity contribution < 1.29 is 16.8 Å². The zero-order chi connectivity index (χ0) is 15.0. The Balaban J connectivity index is 2.25. The molecule has 20 heavy (non-hydrogen) atoms. The van der Waals surface area contributed by atoms with Crippen molar-refractivity contribution in [2.24, 2.45) is 0 Å². The van der Waals surface area contributed by atoms with Gasteiger partial charge in [-0.3, -0.25) is 0 Å². The van der Waals surface area contributed by atoms with Crippen molar-refractivity contribution >= 4 is 37.1 Å². The summed E-state index contributed by atoms with van der Waals surface area (Å²) < 4.78 is 49.9. The van der Waals surface area contributed by atoms with Gasteiger partial charge in [-0.1, -0.05) is 11.6 Å². The quantitative estimate of drug-likeness (QED) is 0.792. The second kappa shape index (κ2) is 5.51. The molecule has 0 aromatic heterocycles. The second-order valence-corrected chi connectivity index (χ2v) is 9.10. The fraction of sp³-hybridized carbons (Fsp3) is 0.455. The molecular weight excluding hydrogens is 324 g/mol. The van der Waals surface area contributed by atoms with Crippen LogP contribution in [0.1, 0.15) is 12.8 Å². The van der Waals surface area contributed by atoms with E-state index in [0.717, 1.165) is 0 Å². The number of benzene rings is 1. The molecule has 0 aliphatic carbocycles. The van der Waals surface area contributed by atoms with Crippen molar-refractivity contribution in [1.29, 1.82) is 0 Å². The first kappa shape index (κ1) is 15.6. The van der Waals surface area contributed by atoms with Gasteiger partial charge in [-0.2, -0.15) is 0 Å². The molecule has 9 heteroatoms. The molecule has 112 valence electrons. The minimum absolute atomic E-state index is 0.0700. The summed E-state index contributed by atoms with van der Waals surface area (Å²) >= 11 is 5.77. The molecule has 1 unspecified atom stereocenters. The Morgan fingerprint density at radius 1 is 1.35 bits per heavy atom. The number of sulfonamides is 1. The van der Waals surface area contributed by atoms with Gasteiger partial charge in [-0.15, -0.1) is 0 Å². The molecule has 0 saturated carbocycles. The van der Waals surface area contributed by atoms with E-state index in [1.807, 2.05) is 0 Å². The summed E-state index contributed by atoms with van der Waals surface area (Å²) in [4.78, 5) is -0.132. The van der Waals surface area contributed by atoms with E-state index < -0.39 is 25.9 Å². The number of halogens is 1. The molecule has 1 fully saturated rings. The fourth-order valence-electron chi connectivity index (χ4n) is 2.14. The van der Waals surface area contributed by atoms with Crippen molar-refractivity contribution in [1.82, 2.24) is 4.72 Å². The first-order valence-corrected chi connectivity index (χ1v) is 9.66. The van der Waals surface area contributed by atoms with Crippen LogP contribution >= 0.6 is 11.6 Å². The Labute approximate surface area is 123 Å². The van der Waals surface area contributed by atoms with Crippen LogP contribution in [-0.4, -0.2) is 34.4 Å². The molecule has 0 bridgehead atoms. The molecule has 0 radical (unpaired) electrons. The van der Waals surface area contributed by atoms with Gasteiger partial charge in [0, 0.05) is 11.1 Å². The lowest BCUT2D eigenvalue weighted by Crippen LogP contribution is -2.43. The van der Waals surface area contributed by atoms with Gasteiger partial charge in [0.1, 0.15) is 4.90 Å². The first-order valence-electron chi connectivity index (χ1n) is 5.97. The Morgan fingerprint density at radius 2 is 2.05 bits per heavy atom. The summed E-state index contributed by atoms with van der Waals surface area (Å²) in [6.07, 6.45) is 0.930. The van der Waals surface area contributed by atoms with E-state index in [-0.39, 0.29) is 27.1 Å². The van der Waals surface area contributed by atoms with Crippen LogP contribution in [-0.2, 0) is 19.9 Å². The maximum absolute atomic E-state index is 12.2. The van der Waals surface area contributed by atoms with Gasteiger partial charge in [0.2, 0.25) is 10.0 Å². The minimum Gasteiger partial charge on any atom is -0.398 e. The van der Waals surface area contributed by atoms with Crippen molar-refractivity contribution in [3.8, 4) is 0 Å². The number of hydrogen-bond acceptors (Lipinski definition) is 5. The van der Waals surface area contributed by atoms with Crippen LogP contribution < -0.4 is 10.5 Å². The smallest absolute Gasteiger partial charge is 0.242 e. The molecule has 2 rings (SSSR count). The number of hydrogen-bond donors (Lipinski definition) is 2. The van der Waals surface area contributed by atoms with Crippen LogP contribution in [0.5, 0.6) is 0 Å². The molecule has 1 aromatic carbocycles. The SMILES string of the molecule is Nc1ccc(Cl)cc1S(=O)(=O)NC1CCCS(=O)(=O)C1. The molecule has 1 aliphatic rings. The van der Waals surface area contributed by atoms with Crippen LogP contribution in [0.15, 0.2) is 23.1 Å². The third kappa shape index (κ3) is 3.63. The Morgan fingerprint density at radius 3 is 2.70 bits per heavy atom. The predicted molar refractivity (Wildman–Crippen MR) is 77.9 cm³/mol. The van der Waals surface area contributed by atoms with Crippen LogP contribution in [0.2, 0.25) is 5.02 Å². The summed E-state index contributed by atoms with van der Waals surface area (Å²) in [7, 11) is -7.08. The van der Waals surface area contributed by atoms with Crippen LogP contribution in [0.4, 0.5) is 5.69 Å². The third-order valence-corrected chi connectivity index (χ3v) is 6.68. The lowest BCUT2D eigenvalue weighted by Gasteiger charge is -2.23. The predicted octanol–water partition coefficient (Wildman–Crippen LogP) is 0.778. The van der Waals surface area contributed by atoms with Gasteiger partial charge in [-0.25, -0.2) is 21.6 Å². The summed E-state index contributed by atoms with van der Waals surface area (Å²) in [6, 6.07) is 3.50. The van der Waals surface area contributed by atoms with Crippen molar-refractivity contribution in [3.63, 3.8) is 0 Å². The zero-order valence-electron chi connectivity index (χ0n) is 10.5. The number of anilines is 1. The lowest BCUT2D eigenvalue weighted by atomic mass is 10.2. The Kier molecular flexibility index (Phi) is 4.29. The molecular formula is C11H15ClN2O4S2. The average Bonchev–Trinajstić information content (AvgIpc) is 2.30. The van der Waals surface area contributed by atoms with E-state index in [1.165, 1.54) is 18.2 Å². The van der Waals surface area contributed by atoms with Crippen LogP contribution in [0, 0.1) is 0 Å². The summed E-state index contributed by atoms with van der Waals surface area (Å²) in [6.45, 7) is 0. The van der Waals surface area contributed by atoms with E-state index in [4.69, 9.17) is 17.3 Å². The topological polar surface area (TPSA) is 106 Å². The standard InChI is InChI=1S/C11H15ClN2O4S2/c12-8-3-4-10(13)11(6-8)20(17,18)14-9-2-1-5-19(15,16)7-9/h3-4,6,9,14H,1-2,5,7,13H2. The first-order chi connectivity index (χ1) is 9.20. The summed E-state index contributed by atoms with van der Waals surface area (Å²) in [5.41, 5.74) is 5.71. The molecule has 6 nitrogen and oxygen atoms in total. The largest absolute Gasteiger partial charge is 0.398 e. The maximum atomic E-state index is 12.2. The van der Waals surface area contributed by atoms with Gasteiger partial charge in [0.05, 0.1) is 17.2 Å². The Hall–Kier alpha value is -0.830. The molecule has 1 aromatic rings. The van der Waals surface area contributed by atoms with Gasteiger partial charge in [0.25, 0.3) is 0 Å². The second-order valence-electron chi connectivity index (χ2n) is 4.76. The van der Waals surface area contributed by atoms with Gasteiger partial charge in [-0.05, 0) is 31.0 Å². The van der Waals surface area contributed by atoms with E-state index in [1.54, 1.807) is 0 Å². The summed E-state index contributed by atoms with van der Waals surface area (Å²) in [5.74, 6) is -0.0861. The summed E-state index contributed by atoms with van der Waals surface area (Å²) in [5, 5.41) is 0.246. The van der Waals surface area contributed by atoms with E-state index in [0.29, 0.717) is 12.8 Å². The van der Waals surface area contributed by atoms with Gasteiger partial charge in [0.15, 0.2) is 9.84 Å². The lowest BCUT2D eigenvalue weighted by molar-refractivity contribution is 0.517. The monoisotopic (exact) mass is 338 g/mol. The van der Waals surface area contributed by atoms with Gasteiger partial charge < -0.3 is 5.73 Å². The van der Waals surface area contributed by atoms with Crippen molar-refractivity contribution in [2.75, 3.05) is 17.2 Å². The highest BCUT2D eigenvalue weighted by molar-refractivity contribution is 7.91. The number of nitrogens with two attached hydrogens (primary N) is 1. The fourth-order valence-corrected chi connectivity index (χ4v) is 5.55. The highest BCUT2D eigenvalue weighted by Crippen LogP contribution is 2.23. The number of nitrogens with one attached hydrogen (secondary N) is 1. The number of sulfone groups is 1. The molecule has 1 heterocycles. The van der Waals surface area contributed by atoms with E-state index in [9.17, 15) is 16.8 Å². The van der Waals surface area contributed by atoms with Gasteiger partial charge >= 0.3 is 0 Å². The van der Waals surface area contributed by atoms with Crippen molar-refractivity contribution in [2.45, 2.75) is 23.8 Å². The number of nitrogen functional groups attached to an aromatic ring is 1. The molecule has 1 aliphatic heterocycles. The third-order valence-electron chi connectivity index (χ3n) is 3.05. The van der Waals surface area contributed by atoms with Crippen molar-refractivity contribution in [3.05, 3.63) is 23.2 Å². The van der Waals surface area contributed by atoms with Crippen LogP contribution in [0.25, 0.3) is 0 Å². The van der Waals surface area contributed by atoms with E-state index in [2.05, 4.69) is 4.72 Å². The molecule has 0 amide bonds. The highest BCUT2D eigenvalue weighted by atomic mass is 35.5. The highest BCUT2D eigenvalue weighted by Gasteiger charge is 2.29.